The van der Waals surface area contributed by atoms with Crippen LogP contribution >= 0.6 is 7.60 Å². The summed E-state index contributed by atoms with van der Waals surface area (Å²) in [6.45, 7) is 4.31. The first-order chi connectivity index (χ1) is 9.00. The fourth-order valence-electron chi connectivity index (χ4n) is 2.16. The number of aliphatic hydroxyl groups is 2. The molecule has 2 radical (unpaired) electrons. The summed E-state index contributed by atoms with van der Waals surface area (Å²) in [7, 11) is 2.94. The Morgan fingerprint density at radius 1 is 1.50 bits per heavy atom. The molecule has 0 amide bonds. The maximum Gasteiger partial charge on any atom is 0.356 e. The lowest BCUT2D eigenvalue weighted by atomic mass is 9.91. The standard InChI is InChI=1S/C11H22BO7P/c1-6(13)20(15,16)19-11(2,3)5-7-8(14)9(17-4)10(12)18-7/h6-10,13-14H,5H2,1-4H3,(H,15,16)/t6?,7-,8-,9-,10-/m1/s1. The number of hydrogen-bond acceptors (Lipinski definition) is 6. The van der Waals surface area contributed by atoms with Crippen LogP contribution in [-0.2, 0) is 18.6 Å². The summed E-state index contributed by atoms with van der Waals surface area (Å²) in [6.07, 6.45) is -2.17. The normalized spacial score (nSPS) is 35.8. The summed E-state index contributed by atoms with van der Waals surface area (Å²) >= 11 is 0. The van der Waals surface area contributed by atoms with Crippen LogP contribution in [0.25, 0.3) is 0 Å². The van der Waals surface area contributed by atoms with E-state index >= 15 is 0 Å². The maximum atomic E-state index is 11.7. The van der Waals surface area contributed by atoms with E-state index in [1.807, 2.05) is 0 Å². The van der Waals surface area contributed by atoms with Crippen LogP contribution in [0.3, 0.4) is 0 Å². The molecule has 0 bridgehead atoms. The molecule has 0 aliphatic carbocycles. The highest BCUT2D eigenvalue weighted by molar-refractivity contribution is 7.53. The number of ether oxygens (including phenoxy) is 2. The minimum atomic E-state index is -4.14. The van der Waals surface area contributed by atoms with Crippen molar-refractivity contribution >= 4 is 15.4 Å². The van der Waals surface area contributed by atoms with Crippen LogP contribution in [0.1, 0.15) is 27.2 Å². The van der Waals surface area contributed by atoms with Crippen LogP contribution in [0.5, 0.6) is 0 Å². The minimum Gasteiger partial charge on any atom is -0.388 e. The van der Waals surface area contributed by atoms with E-state index in [0.717, 1.165) is 0 Å². The molecule has 1 heterocycles. The van der Waals surface area contributed by atoms with Crippen molar-refractivity contribution in [3.8, 4) is 0 Å². The second-order valence-corrected chi connectivity index (χ2v) is 7.64. The second kappa shape index (κ2) is 6.44. The zero-order chi connectivity index (χ0) is 15.7. The molecule has 1 aliphatic rings. The molecule has 6 atom stereocenters. The summed E-state index contributed by atoms with van der Waals surface area (Å²) < 4.78 is 27.2. The molecular formula is C11H22BO7P. The van der Waals surface area contributed by atoms with Gasteiger partial charge in [-0.05, 0) is 20.8 Å². The topological polar surface area (TPSA) is 105 Å². The van der Waals surface area contributed by atoms with Gasteiger partial charge in [-0.25, -0.2) is 0 Å². The van der Waals surface area contributed by atoms with Crippen molar-refractivity contribution < 1.29 is 33.7 Å². The van der Waals surface area contributed by atoms with Gasteiger partial charge in [0.2, 0.25) is 0 Å². The Bertz CT molecular complexity index is 376. The lowest BCUT2D eigenvalue weighted by Gasteiger charge is -2.31. The fraction of sp³-hybridized carbons (Fsp3) is 1.00. The van der Waals surface area contributed by atoms with Crippen molar-refractivity contribution in [3.63, 3.8) is 0 Å². The highest BCUT2D eigenvalue weighted by Gasteiger charge is 2.45. The van der Waals surface area contributed by atoms with Gasteiger partial charge in [0.05, 0.1) is 11.7 Å². The molecule has 9 heteroatoms. The van der Waals surface area contributed by atoms with Crippen LogP contribution < -0.4 is 0 Å². The van der Waals surface area contributed by atoms with Gasteiger partial charge in [-0.3, -0.25) is 4.57 Å². The van der Waals surface area contributed by atoms with Gasteiger partial charge in [-0.15, -0.1) is 0 Å². The molecule has 3 N–H and O–H groups in total. The number of aliphatic hydroxyl groups excluding tert-OH is 2. The minimum absolute atomic E-state index is 0.124. The van der Waals surface area contributed by atoms with Gasteiger partial charge in [0.15, 0.2) is 5.85 Å². The van der Waals surface area contributed by atoms with E-state index in [0.29, 0.717) is 0 Å². The zero-order valence-corrected chi connectivity index (χ0v) is 13.0. The molecule has 0 aromatic rings. The first-order valence-corrected chi connectivity index (χ1v) is 7.98. The van der Waals surface area contributed by atoms with Gasteiger partial charge in [-0.2, -0.15) is 0 Å². The Kier molecular flexibility index (Phi) is 5.83. The van der Waals surface area contributed by atoms with Gasteiger partial charge in [0.25, 0.3) is 0 Å². The Morgan fingerprint density at radius 2 is 2.05 bits per heavy atom. The van der Waals surface area contributed by atoms with Gasteiger partial charge in [-0.1, -0.05) is 0 Å². The van der Waals surface area contributed by atoms with E-state index in [1.54, 1.807) is 13.8 Å². The van der Waals surface area contributed by atoms with Crippen LogP contribution in [0.2, 0.25) is 0 Å². The van der Waals surface area contributed by atoms with Crippen LogP contribution in [0.4, 0.5) is 0 Å². The quantitative estimate of drug-likeness (QED) is 0.467. The summed E-state index contributed by atoms with van der Waals surface area (Å²) in [5, 5.41) is 19.2. The van der Waals surface area contributed by atoms with E-state index < -0.39 is 43.4 Å². The summed E-state index contributed by atoms with van der Waals surface area (Å²) in [5.41, 5.74) is -1.09. The average Bonchev–Trinajstić information content (AvgIpc) is 2.51. The molecular weight excluding hydrogens is 286 g/mol. The molecule has 20 heavy (non-hydrogen) atoms. The Labute approximate surface area is 120 Å². The van der Waals surface area contributed by atoms with Crippen molar-refractivity contribution in [1.82, 2.24) is 0 Å². The van der Waals surface area contributed by atoms with Crippen LogP contribution in [0.15, 0.2) is 0 Å². The van der Waals surface area contributed by atoms with Crippen molar-refractivity contribution in [2.75, 3.05) is 7.11 Å². The molecule has 0 saturated carbocycles. The molecule has 1 rings (SSSR count). The zero-order valence-electron chi connectivity index (χ0n) is 12.1. The highest BCUT2D eigenvalue weighted by atomic mass is 31.2. The number of rotatable bonds is 6. The highest BCUT2D eigenvalue weighted by Crippen LogP contribution is 2.50. The molecule has 1 saturated heterocycles. The van der Waals surface area contributed by atoms with E-state index in [9.17, 15) is 19.7 Å². The Balaban J connectivity index is 2.70. The molecule has 1 aliphatic heterocycles. The van der Waals surface area contributed by atoms with Crippen molar-refractivity contribution in [1.29, 1.82) is 0 Å². The molecule has 116 valence electrons. The van der Waals surface area contributed by atoms with Crippen molar-refractivity contribution in [2.45, 2.75) is 63.0 Å². The third-order valence-electron chi connectivity index (χ3n) is 3.19. The molecule has 2 unspecified atom stereocenters. The van der Waals surface area contributed by atoms with E-state index in [2.05, 4.69) is 0 Å². The van der Waals surface area contributed by atoms with Gasteiger partial charge in [0.1, 0.15) is 20.1 Å². The fourth-order valence-corrected chi connectivity index (χ4v) is 3.10. The van der Waals surface area contributed by atoms with Gasteiger partial charge < -0.3 is 29.1 Å². The van der Waals surface area contributed by atoms with E-state index in [1.165, 1.54) is 14.0 Å². The predicted octanol–water partition coefficient (Wildman–Crippen LogP) is -0.0353. The van der Waals surface area contributed by atoms with Crippen molar-refractivity contribution in [3.05, 3.63) is 0 Å². The largest absolute Gasteiger partial charge is 0.388 e. The van der Waals surface area contributed by atoms with E-state index in [-0.39, 0.29) is 6.42 Å². The molecule has 7 nitrogen and oxygen atoms in total. The molecule has 0 spiro atoms. The van der Waals surface area contributed by atoms with Crippen molar-refractivity contribution in [2.24, 2.45) is 0 Å². The third kappa shape index (κ3) is 4.27. The number of hydrogen-bond donors (Lipinski definition) is 3. The number of methoxy groups -OCH3 is 1. The van der Waals surface area contributed by atoms with Crippen LogP contribution in [-0.4, -0.2) is 65.8 Å². The summed E-state index contributed by atoms with van der Waals surface area (Å²) in [6, 6.07) is -0.770. The van der Waals surface area contributed by atoms with Gasteiger partial charge in [0, 0.05) is 19.5 Å². The van der Waals surface area contributed by atoms with E-state index in [4.69, 9.17) is 21.8 Å². The lowest BCUT2D eigenvalue weighted by Crippen LogP contribution is -2.38. The smallest absolute Gasteiger partial charge is 0.356 e. The van der Waals surface area contributed by atoms with Gasteiger partial charge >= 0.3 is 7.60 Å². The first-order valence-electron chi connectivity index (χ1n) is 6.33. The third-order valence-corrected chi connectivity index (χ3v) is 4.89. The Hall–Kier alpha value is 0.0549. The van der Waals surface area contributed by atoms with Crippen LogP contribution in [0, 0.1) is 0 Å². The Morgan fingerprint density at radius 3 is 2.45 bits per heavy atom. The second-order valence-electron chi connectivity index (χ2n) is 5.58. The monoisotopic (exact) mass is 308 g/mol. The predicted molar refractivity (Wildman–Crippen MR) is 72.5 cm³/mol. The average molecular weight is 308 g/mol. The first kappa shape index (κ1) is 18.1. The molecule has 0 aromatic carbocycles. The SMILES string of the molecule is [B][C@@H]1O[C@H](CC(C)(C)OP(=O)(O)C(C)O)[C@@H](O)[C@H]1OC. The maximum absolute atomic E-state index is 11.7. The summed E-state index contributed by atoms with van der Waals surface area (Å²) in [4.78, 5) is 9.55. The lowest BCUT2D eigenvalue weighted by molar-refractivity contribution is -0.0334. The summed E-state index contributed by atoms with van der Waals surface area (Å²) in [5.74, 6) is -1.50. The molecule has 1 fully saturated rings. The molecule has 0 aromatic heterocycles.